The number of rotatable bonds is 18. The number of hydrogen-bond donors (Lipinski definition) is 1. The molecule has 1 aromatic carbocycles. The standard InChI is InChI=1S/C22H37NO5/c1-3-4-5-6-7-8-9-10-21-11-13-22(14-12-21)25-16-18-27-28-26-17-15-24-19-20(2)23/h11-15,17,20H,3-10,16,18-19,23H2,1-2H3/b17-15+. The first-order valence-electron chi connectivity index (χ1n) is 10.4. The number of aryl methyl sites for hydroxylation is 1. The fourth-order valence-electron chi connectivity index (χ4n) is 2.59. The first-order chi connectivity index (χ1) is 13.7. The minimum absolute atomic E-state index is 0.0339. The summed E-state index contributed by atoms with van der Waals surface area (Å²) in [6.45, 7) is 5.12. The first kappa shape index (κ1) is 24.3. The van der Waals surface area contributed by atoms with Crippen LogP contribution in [0.4, 0.5) is 0 Å². The Morgan fingerprint density at radius 1 is 0.929 bits per heavy atom. The zero-order chi connectivity index (χ0) is 20.3. The summed E-state index contributed by atoms with van der Waals surface area (Å²) >= 11 is 0. The van der Waals surface area contributed by atoms with E-state index in [2.05, 4.69) is 29.0 Å². The van der Waals surface area contributed by atoms with Gasteiger partial charge in [0, 0.05) is 6.04 Å². The van der Waals surface area contributed by atoms with Crippen molar-refractivity contribution in [1.82, 2.24) is 0 Å². The van der Waals surface area contributed by atoms with E-state index in [0.717, 1.165) is 12.2 Å². The van der Waals surface area contributed by atoms with Crippen molar-refractivity contribution in [1.29, 1.82) is 0 Å². The highest BCUT2D eigenvalue weighted by Gasteiger charge is 1.98. The van der Waals surface area contributed by atoms with Crippen LogP contribution in [-0.4, -0.2) is 25.9 Å². The van der Waals surface area contributed by atoms with Crippen molar-refractivity contribution < 1.29 is 24.3 Å². The molecule has 1 rings (SSSR count). The molecule has 0 amide bonds. The Hall–Kier alpha value is -1.76. The molecule has 1 unspecified atom stereocenters. The highest BCUT2D eigenvalue weighted by molar-refractivity contribution is 5.27. The van der Waals surface area contributed by atoms with Crippen LogP contribution in [0.25, 0.3) is 0 Å². The van der Waals surface area contributed by atoms with Gasteiger partial charge < -0.3 is 20.1 Å². The van der Waals surface area contributed by atoms with E-state index in [9.17, 15) is 0 Å². The fourth-order valence-corrected chi connectivity index (χ4v) is 2.59. The Labute approximate surface area is 169 Å². The van der Waals surface area contributed by atoms with Gasteiger partial charge in [0.25, 0.3) is 0 Å². The third kappa shape index (κ3) is 14.3. The fraction of sp³-hybridized carbons (Fsp3) is 0.636. The molecule has 1 aromatic rings. The summed E-state index contributed by atoms with van der Waals surface area (Å²) in [4.78, 5) is 9.46. The summed E-state index contributed by atoms with van der Waals surface area (Å²) in [6, 6.07) is 8.20. The van der Waals surface area contributed by atoms with Crippen LogP contribution in [0.1, 0.15) is 64.4 Å². The molecule has 0 saturated carbocycles. The van der Waals surface area contributed by atoms with Gasteiger partial charge in [0.1, 0.15) is 31.8 Å². The second-order valence-corrected chi connectivity index (χ2v) is 6.93. The normalized spacial score (nSPS) is 12.2. The van der Waals surface area contributed by atoms with Crippen LogP contribution in [0.2, 0.25) is 0 Å². The monoisotopic (exact) mass is 395 g/mol. The number of nitrogens with two attached hydrogens (primary N) is 1. The maximum atomic E-state index is 5.60. The van der Waals surface area contributed by atoms with E-state index < -0.39 is 0 Å². The molecule has 0 saturated heterocycles. The molecule has 0 bridgehead atoms. The van der Waals surface area contributed by atoms with E-state index in [1.807, 2.05) is 19.1 Å². The molecule has 6 nitrogen and oxygen atoms in total. The Kier molecular flexibility index (Phi) is 15.0. The van der Waals surface area contributed by atoms with Crippen molar-refractivity contribution in [2.24, 2.45) is 5.73 Å². The van der Waals surface area contributed by atoms with Crippen molar-refractivity contribution in [2.45, 2.75) is 71.3 Å². The second-order valence-electron chi connectivity index (χ2n) is 6.93. The minimum Gasteiger partial charge on any atom is -0.496 e. The van der Waals surface area contributed by atoms with Crippen molar-refractivity contribution in [3.63, 3.8) is 0 Å². The largest absolute Gasteiger partial charge is 0.496 e. The van der Waals surface area contributed by atoms with Crippen LogP contribution in [0.5, 0.6) is 5.75 Å². The molecule has 0 radical (unpaired) electrons. The molecule has 0 heterocycles. The van der Waals surface area contributed by atoms with E-state index in [1.54, 1.807) is 0 Å². The zero-order valence-electron chi connectivity index (χ0n) is 17.4. The molecule has 2 N–H and O–H groups in total. The topological polar surface area (TPSA) is 72.2 Å². The zero-order valence-corrected chi connectivity index (χ0v) is 17.4. The predicted octanol–water partition coefficient (Wildman–Crippen LogP) is 5.07. The van der Waals surface area contributed by atoms with Crippen LogP contribution < -0.4 is 10.5 Å². The molecule has 0 fully saturated rings. The third-order valence-electron chi connectivity index (χ3n) is 4.08. The highest BCUT2D eigenvalue weighted by Crippen LogP contribution is 2.15. The molecule has 0 aromatic heterocycles. The SMILES string of the molecule is CCCCCCCCCc1ccc(OCCOOO/C=C/OCC(C)N)cc1. The molecule has 0 aliphatic rings. The Morgan fingerprint density at radius 3 is 2.36 bits per heavy atom. The third-order valence-corrected chi connectivity index (χ3v) is 4.08. The molecule has 0 aliphatic carbocycles. The molecule has 0 spiro atoms. The summed E-state index contributed by atoms with van der Waals surface area (Å²) in [7, 11) is 0. The van der Waals surface area contributed by atoms with Gasteiger partial charge in [0.2, 0.25) is 0 Å². The molecule has 6 heteroatoms. The van der Waals surface area contributed by atoms with E-state index in [-0.39, 0.29) is 12.6 Å². The summed E-state index contributed by atoms with van der Waals surface area (Å²) in [5, 5.41) is 4.51. The predicted molar refractivity (Wildman–Crippen MR) is 110 cm³/mol. The summed E-state index contributed by atoms with van der Waals surface area (Å²) < 4.78 is 10.6. The molecule has 0 aliphatic heterocycles. The Morgan fingerprint density at radius 2 is 1.64 bits per heavy atom. The summed E-state index contributed by atoms with van der Waals surface area (Å²) in [6.07, 6.45) is 13.0. The van der Waals surface area contributed by atoms with Gasteiger partial charge in [-0.25, -0.2) is 0 Å². The Bertz CT molecular complexity index is 490. The van der Waals surface area contributed by atoms with Gasteiger partial charge in [-0.05, 0) is 42.5 Å². The average molecular weight is 396 g/mol. The molecule has 160 valence electrons. The van der Waals surface area contributed by atoms with Crippen molar-refractivity contribution in [2.75, 3.05) is 19.8 Å². The molecular formula is C22H37NO5. The second kappa shape index (κ2) is 17.3. The summed E-state index contributed by atoms with van der Waals surface area (Å²) in [5.74, 6) is 0.817. The molecular weight excluding hydrogens is 358 g/mol. The van der Waals surface area contributed by atoms with Gasteiger partial charge in [0.05, 0.1) is 0 Å². The van der Waals surface area contributed by atoms with E-state index in [0.29, 0.717) is 13.2 Å². The lowest BCUT2D eigenvalue weighted by atomic mass is 10.0. The van der Waals surface area contributed by atoms with Gasteiger partial charge in [0.15, 0.2) is 6.26 Å². The van der Waals surface area contributed by atoms with Crippen LogP contribution in [-0.2, 0) is 26.0 Å². The van der Waals surface area contributed by atoms with Gasteiger partial charge in [-0.1, -0.05) is 57.6 Å². The maximum Gasteiger partial charge on any atom is 0.167 e. The van der Waals surface area contributed by atoms with Crippen LogP contribution in [0.3, 0.4) is 0 Å². The smallest absolute Gasteiger partial charge is 0.167 e. The van der Waals surface area contributed by atoms with Gasteiger partial charge in [-0.3, -0.25) is 0 Å². The number of benzene rings is 1. The average Bonchev–Trinajstić information content (AvgIpc) is 2.69. The van der Waals surface area contributed by atoms with E-state index in [4.69, 9.17) is 20.1 Å². The van der Waals surface area contributed by atoms with Gasteiger partial charge in [-0.2, -0.15) is 4.89 Å². The van der Waals surface area contributed by atoms with E-state index in [1.165, 1.54) is 63.0 Å². The lowest BCUT2D eigenvalue weighted by Gasteiger charge is -2.07. The number of hydrogen-bond acceptors (Lipinski definition) is 6. The van der Waals surface area contributed by atoms with Crippen LogP contribution in [0.15, 0.2) is 36.8 Å². The van der Waals surface area contributed by atoms with Crippen molar-refractivity contribution in [3.05, 3.63) is 42.4 Å². The lowest BCUT2D eigenvalue weighted by molar-refractivity contribution is -0.490. The summed E-state index contributed by atoms with van der Waals surface area (Å²) in [5.41, 5.74) is 6.87. The Balaban J connectivity index is 1.98. The number of ether oxygens (including phenoxy) is 2. The van der Waals surface area contributed by atoms with Gasteiger partial charge >= 0.3 is 0 Å². The quantitative estimate of drug-likeness (QED) is 0.162. The van der Waals surface area contributed by atoms with Crippen LogP contribution >= 0.6 is 0 Å². The highest BCUT2D eigenvalue weighted by atomic mass is 17.5. The molecule has 28 heavy (non-hydrogen) atoms. The van der Waals surface area contributed by atoms with Crippen molar-refractivity contribution >= 4 is 0 Å². The van der Waals surface area contributed by atoms with Crippen LogP contribution in [0, 0.1) is 0 Å². The lowest BCUT2D eigenvalue weighted by Crippen LogP contribution is -2.20. The minimum atomic E-state index is -0.0339. The van der Waals surface area contributed by atoms with E-state index >= 15 is 0 Å². The number of unbranched alkanes of at least 4 members (excludes halogenated alkanes) is 6. The van der Waals surface area contributed by atoms with Crippen molar-refractivity contribution in [3.8, 4) is 5.75 Å². The maximum absolute atomic E-state index is 5.60. The first-order valence-corrected chi connectivity index (χ1v) is 10.4. The molecule has 1 atom stereocenters. The van der Waals surface area contributed by atoms with Gasteiger partial charge in [-0.15, -0.1) is 0 Å².